The second-order valence-electron chi connectivity index (χ2n) is 7.20. The average Bonchev–Trinajstić information content (AvgIpc) is 2.55. The molecule has 138 valence electrons. The minimum atomic E-state index is -0.499. The SMILES string of the molecule is Cc1cccc(C(=O)Nc2ccc(CCNC(=O)OC(C)(C)C)cc2)c1. The van der Waals surface area contributed by atoms with Gasteiger partial charge in [0.05, 0.1) is 0 Å². The minimum Gasteiger partial charge on any atom is -0.444 e. The molecule has 0 bridgehead atoms. The molecule has 2 aromatic carbocycles. The second kappa shape index (κ2) is 8.52. The maximum absolute atomic E-state index is 12.2. The first-order valence-electron chi connectivity index (χ1n) is 8.67. The molecule has 5 nitrogen and oxygen atoms in total. The summed E-state index contributed by atoms with van der Waals surface area (Å²) in [5.74, 6) is -0.131. The van der Waals surface area contributed by atoms with E-state index in [-0.39, 0.29) is 5.91 Å². The Kier molecular flexibility index (Phi) is 6.39. The van der Waals surface area contributed by atoms with Crippen LogP contribution in [0.25, 0.3) is 0 Å². The van der Waals surface area contributed by atoms with Crippen LogP contribution < -0.4 is 10.6 Å². The van der Waals surface area contributed by atoms with Gasteiger partial charge in [0, 0.05) is 17.8 Å². The highest BCUT2D eigenvalue weighted by Gasteiger charge is 2.15. The molecule has 2 aromatic rings. The molecule has 2 rings (SSSR count). The van der Waals surface area contributed by atoms with Gasteiger partial charge < -0.3 is 15.4 Å². The van der Waals surface area contributed by atoms with Gasteiger partial charge in [-0.25, -0.2) is 4.79 Å². The molecule has 2 N–H and O–H groups in total. The molecule has 26 heavy (non-hydrogen) atoms. The summed E-state index contributed by atoms with van der Waals surface area (Å²) in [4.78, 5) is 23.8. The lowest BCUT2D eigenvalue weighted by molar-refractivity contribution is 0.0528. The molecule has 0 unspecified atom stereocenters. The normalized spacial score (nSPS) is 10.9. The summed E-state index contributed by atoms with van der Waals surface area (Å²) in [5.41, 5.74) is 2.98. The molecule has 0 spiro atoms. The Bertz CT molecular complexity index is 762. The summed E-state index contributed by atoms with van der Waals surface area (Å²) in [6, 6.07) is 15.0. The molecular formula is C21H26N2O3. The number of rotatable bonds is 5. The number of ether oxygens (including phenoxy) is 1. The summed E-state index contributed by atoms with van der Waals surface area (Å²) < 4.78 is 5.19. The van der Waals surface area contributed by atoms with Crippen LogP contribution >= 0.6 is 0 Å². The van der Waals surface area contributed by atoms with Gasteiger partial charge in [-0.2, -0.15) is 0 Å². The quantitative estimate of drug-likeness (QED) is 0.840. The van der Waals surface area contributed by atoms with Gasteiger partial charge >= 0.3 is 6.09 Å². The number of alkyl carbamates (subject to hydrolysis) is 1. The van der Waals surface area contributed by atoms with Gasteiger partial charge in [-0.05, 0) is 63.9 Å². The first-order chi connectivity index (χ1) is 12.2. The molecule has 0 radical (unpaired) electrons. The van der Waals surface area contributed by atoms with Crippen LogP contribution in [0, 0.1) is 6.92 Å². The molecule has 0 aliphatic heterocycles. The average molecular weight is 354 g/mol. The van der Waals surface area contributed by atoms with Crippen LogP contribution in [0.15, 0.2) is 48.5 Å². The Hall–Kier alpha value is -2.82. The van der Waals surface area contributed by atoms with Crippen LogP contribution in [0.2, 0.25) is 0 Å². The van der Waals surface area contributed by atoms with E-state index in [1.807, 2.05) is 70.2 Å². The Morgan fingerprint density at radius 1 is 1.04 bits per heavy atom. The van der Waals surface area contributed by atoms with Crippen molar-refractivity contribution in [1.82, 2.24) is 5.32 Å². The van der Waals surface area contributed by atoms with E-state index in [0.29, 0.717) is 18.5 Å². The van der Waals surface area contributed by atoms with E-state index in [1.165, 1.54) is 0 Å². The number of benzene rings is 2. The number of hydrogen-bond donors (Lipinski definition) is 2. The molecule has 5 heteroatoms. The molecule has 0 heterocycles. The molecule has 0 aliphatic carbocycles. The Balaban J connectivity index is 1.82. The van der Waals surface area contributed by atoms with Crippen LogP contribution in [-0.2, 0) is 11.2 Å². The predicted octanol–water partition coefficient (Wildman–Crippen LogP) is 4.31. The van der Waals surface area contributed by atoms with E-state index < -0.39 is 11.7 Å². The molecule has 0 atom stereocenters. The zero-order valence-electron chi connectivity index (χ0n) is 15.8. The van der Waals surface area contributed by atoms with Gasteiger partial charge in [-0.1, -0.05) is 29.8 Å². The first kappa shape index (κ1) is 19.5. The maximum Gasteiger partial charge on any atom is 0.407 e. The molecule has 0 aromatic heterocycles. The smallest absolute Gasteiger partial charge is 0.407 e. The number of nitrogens with one attached hydrogen (secondary N) is 2. The van der Waals surface area contributed by atoms with E-state index >= 15 is 0 Å². The number of aryl methyl sites for hydroxylation is 1. The summed E-state index contributed by atoms with van der Waals surface area (Å²) in [5, 5.41) is 5.61. The van der Waals surface area contributed by atoms with Crippen LogP contribution in [0.4, 0.5) is 10.5 Å². The van der Waals surface area contributed by atoms with E-state index in [2.05, 4.69) is 10.6 Å². The van der Waals surface area contributed by atoms with Crippen LogP contribution in [0.3, 0.4) is 0 Å². The Morgan fingerprint density at radius 3 is 2.35 bits per heavy atom. The molecular weight excluding hydrogens is 328 g/mol. The fourth-order valence-corrected chi connectivity index (χ4v) is 2.37. The lowest BCUT2D eigenvalue weighted by Crippen LogP contribution is -2.33. The zero-order valence-corrected chi connectivity index (χ0v) is 15.8. The van der Waals surface area contributed by atoms with E-state index in [9.17, 15) is 9.59 Å². The van der Waals surface area contributed by atoms with Crippen molar-refractivity contribution >= 4 is 17.7 Å². The summed E-state index contributed by atoms with van der Waals surface area (Å²) >= 11 is 0. The highest BCUT2D eigenvalue weighted by atomic mass is 16.6. The number of carbonyl (C=O) groups is 2. The molecule has 2 amide bonds. The minimum absolute atomic E-state index is 0.131. The van der Waals surface area contributed by atoms with Crippen molar-refractivity contribution in [2.75, 3.05) is 11.9 Å². The summed E-state index contributed by atoms with van der Waals surface area (Å²) in [6.45, 7) is 7.93. The van der Waals surface area contributed by atoms with Crippen molar-refractivity contribution in [3.05, 3.63) is 65.2 Å². The first-order valence-corrected chi connectivity index (χ1v) is 8.67. The van der Waals surface area contributed by atoms with Crippen molar-refractivity contribution in [2.24, 2.45) is 0 Å². The predicted molar refractivity (Wildman–Crippen MR) is 104 cm³/mol. The van der Waals surface area contributed by atoms with Gasteiger partial charge in [-0.3, -0.25) is 4.79 Å². The lowest BCUT2D eigenvalue weighted by atomic mass is 10.1. The van der Waals surface area contributed by atoms with Crippen molar-refractivity contribution in [3.63, 3.8) is 0 Å². The van der Waals surface area contributed by atoms with Gasteiger partial charge in [0.15, 0.2) is 0 Å². The van der Waals surface area contributed by atoms with E-state index in [4.69, 9.17) is 4.74 Å². The number of carbonyl (C=O) groups excluding carboxylic acids is 2. The van der Waals surface area contributed by atoms with Gasteiger partial charge in [0.25, 0.3) is 5.91 Å². The van der Waals surface area contributed by atoms with Crippen LogP contribution in [-0.4, -0.2) is 24.1 Å². The third-order valence-corrected chi connectivity index (χ3v) is 3.57. The highest BCUT2D eigenvalue weighted by Crippen LogP contribution is 2.13. The van der Waals surface area contributed by atoms with Crippen molar-refractivity contribution in [2.45, 2.75) is 39.7 Å². The van der Waals surface area contributed by atoms with Gasteiger partial charge in [0.1, 0.15) is 5.60 Å². The number of anilines is 1. The molecule has 0 saturated carbocycles. The van der Waals surface area contributed by atoms with Crippen molar-refractivity contribution < 1.29 is 14.3 Å². The topological polar surface area (TPSA) is 67.4 Å². The standard InChI is InChI=1S/C21H26N2O3/c1-15-6-5-7-17(14-15)19(24)23-18-10-8-16(9-11-18)12-13-22-20(25)26-21(2,3)4/h5-11,14H,12-13H2,1-4H3,(H,22,25)(H,23,24). The van der Waals surface area contributed by atoms with E-state index in [0.717, 1.165) is 16.8 Å². The number of amides is 2. The van der Waals surface area contributed by atoms with Gasteiger partial charge in [-0.15, -0.1) is 0 Å². The van der Waals surface area contributed by atoms with Crippen molar-refractivity contribution in [1.29, 1.82) is 0 Å². The summed E-state index contributed by atoms with van der Waals surface area (Å²) in [7, 11) is 0. The Labute approximate surface area is 154 Å². The highest BCUT2D eigenvalue weighted by molar-refractivity contribution is 6.04. The maximum atomic E-state index is 12.2. The fraction of sp³-hybridized carbons (Fsp3) is 0.333. The third-order valence-electron chi connectivity index (χ3n) is 3.57. The zero-order chi connectivity index (χ0) is 19.2. The fourth-order valence-electron chi connectivity index (χ4n) is 2.37. The molecule has 0 fully saturated rings. The van der Waals surface area contributed by atoms with Crippen LogP contribution in [0.1, 0.15) is 42.3 Å². The molecule has 0 aliphatic rings. The van der Waals surface area contributed by atoms with Gasteiger partial charge in [0.2, 0.25) is 0 Å². The number of hydrogen-bond acceptors (Lipinski definition) is 3. The van der Waals surface area contributed by atoms with E-state index in [1.54, 1.807) is 6.07 Å². The Morgan fingerprint density at radius 2 is 1.73 bits per heavy atom. The second-order valence-corrected chi connectivity index (χ2v) is 7.20. The monoisotopic (exact) mass is 354 g/mol. The summed E-state index contributed by atoms with van der Waals surface area (Å²) in [6.07, 6.45) is 0.269. The third kappa shape index (κ3) is 6.59. The largest absolute Gasteiger partial charge is 0.444 e. The van der Waals surface area contributed by atoms with Crippen molar-refractivity contribution in [3.8, 4) is 0 Å². The van der Waals surface area contributed by atoms with Crippen LogP contribution in [0.5, 0.6) is 0 Å². The molecule has 0 saturated heterocycles. The lowest BCUT2D eigenvalue weighted by Gasteiger charge is -2.19.